The van der Waals surface area contributed by atoms with Crippen molar-refractivity contribution in [1.29, 1.82) is 0 Å². The molecule has 0 saturated carbocycles. The average Bonchev–Trinajstić information content (AvgIpc) is 2.37. The minimum absolute atomic E-state index is 0.0379. The zero-order valence-electron chi connectivity index (χ0n) is 6.03. The van der Waals surface area contributed by atoms with Gasteiger partial charge < -0.3 is 0 Å². The number of halogens is 1. The van der Waals surface area contributed by atoms with Gasteiger partial charge in [-0.3, -0.25) is 0 Å². The molecule has 0 bridgehead atoms. The number of nitrogens with zero attached hydrogens (tertiary/aromatic N) is 1. The van der Waals surface area contributed by atoms with Crippen LogP contribution in [0.5, 0.6) is 0 Å². The molecule has 64 valence electrons. The average molecular weight is 196 g/mol. The summed E-state index contributed by atoms with van der Waals surface area (Å²) in [6.07, 6.45) is 3.68. The van der Waals surface area contributed by atoms with E-state index in [1.165, 1.54) is 4.31 Å². The van der Waals surface area contributed by atoms with E-state index in [4.69, 9.17) is 11.6 Å². The first-order valence-corrected chi connectivity index (χ1v) is 5.50. The molecule has 0 aromatic rings. The number of hydrogen-bond donors (Lipinski definition) is 0. The van der Waals surface area contributed by atoms with Gasteiger partial charge in [0.15, 0.2) is 0 Å². The Hall–Kier alpha value is -0.0600. The first-order chi connectivity index (χ1) is 5.17. The zero-order valence-corrected chi connectivity index (χ0v) is 7.61. The first-order valence-electron chi connectivity index (χ1n) is 3.35. The highest BCUT2D eigenvalue weighted by molar-refractivity contribution is 7.89. The lowest BCUT2D eigenvalue weighted by Crippen LogP contribution is -2.31. The quantitative estimate of drug-likeness (QED) is 0.484. The minimum Gasteiger partial charge on any atom is -0.212 e. The third-order valence-electron chi connectivity index (χ3n) is 1.51. The van der Waals surface area contributed by atoms with Crippen molar-refractivity contribution in [2.45, 2.75) is 0 Å². The van der Waals surface area contributed by atoms with E-state index in [0.717, 1.165) is 0 Å². The molecule has 0 aromatic carbocycles. The van der Waals surface area contributed by atoms with Crippen molar-refractivity contribution >= 4 is 21.6 Å². The van der Waals surface area contributed by atoms with E-state index >= 15 is 0 Å². The zero-order chi connectivity index (χ0) is 8.32. The topological polar surface area (TPSA) is 37.4 Å². The van der Waals surface area contributed by atoms with E-state index in [1.54, 1.807) is 0 Å². The molecule has 0 N–H and O–H groups in total. The van der Waals surface area contributed by atoms with Crippen LogP contribution in [0.1, 0.15) is 0 Å². The van der Waals surface area contributed by atoms with Gasteiger partial charge in [0.05, 0.1) is 5.75 Å². The highest BCUT2D eigenvalue weighted by Gasteiger charge is 2.20. The molecule has 0 amide bonds. The van der Waals surface area contributed by atoms with Crippen molar-refractivity contribution in [3.05, 3.63) is 12.2 Å². The fourth-order valence-corrected chi connectivity index (χ4v) is 2.58. The monoisotopic (exact) mass is 195 g/mol. The Morgan fingerprint density at radius 1 is 1.36 bits per heavy atom. The molecule has 1 aliphatic heterocycles. The van der Waals surface area contributed by atoms with E-state index in [-0.39, 0.29) is 11.6 Å². The lowest BCUT2D eigenvalue weighted by molar-refractivity contribution is 0.489. The standard InChI is InChI=1S/C6H10ClNO2S/c7-3-6-11(9,10)8-4-1-2-5-8/h1-2H,3-6H2. The SMILES string of the molecule is O=S(=O)(CCCl)N1CC=CC1. The van der Waals surface area contributed by atoms with Crippen LogP contribution in [0.4, 0.5) is 0 Å². The van der Waals surface area contributed by atoms with Crippen LogP contribution in [0.25, 0.3) is 0 Å². The maximum absolute atomic E-state index is 11.2. The van der Waals surface area contributed by atoms with Crippen molar-refractivity contribution in [1.82, 2.24) is 4.31 Å². The molecule has 0 aromatic heterocycles. The molecular weight excluding hydrogens is 186 g/mol. The molecule has 0 unspecified atom stereocenters. The van der Waals surface area contributed by atoms with Gasteiger partial charge in [0.25, 0.3) is 0 Å². The van der Waals surface area contributed by atoms with Crippen LogP contribution < -0.4 is 0 Å². The molecule has 0 atom stereocenters. The van der Waals surface area contributed by atoms with Gasteiger partial charge in [-0.15, -0.1) is 11.6 Å². The molecule has 0 fully saturated rings. The third-order valence-corrected chi connectivity index (χ3v) is 3.73. The van der Waals surface area contributed by atoms with Gasteiger partial charge in [0, 0.05) is 19.0 Å². The molecule has 0 saturated heterocycles. The Balaban J connectivity index is 2.58. The van der Waals surface area contributed by atoms with E-state index in [2.05, 4.69) is 0 Å². The van der Waals surface area contributed by atoms with Gasteiger partial charge in [-0.25, -0.2) is 8.42 Å². The summed E-state index contributed by atoms with van der Waals surface area (Å²) in [7, 11) is -3.07. The Morgan fingerprint density at radius 2 is 1.91 bits per heavy atom. The van der Waals surface area contributed by atoms with E-state index in [1.807, 2.05) is 12.2 Å². The van der Waals surface area contributed by atoms with Crippen LogP contribution >= 0.6 is 11.6 Å². The summed E-state index contributed by atoms with van der Waals surface area (Å²) in [6, 6.07) is 0. The van der Waals surface area contributed by atoms with Gasteiger partial charge in [0.2, 0.25) is 10.0 Å². The molecule has 1 heterocycles. The van der Waals surface area contributed by atoms with E-state index < -0.39 is 10.0 Å². The van der Waals surface area contributed by atoms with Crippen molar-refractivity contribution in [3.8, 4) is 0 Å². The Bertz CT molecular complexity index is 239. The first kappa shape index (κ1) is 9.03. The fraction of sp³-hybridized carbons (Fsp3) is 0.667. The van der Waals surface area contributed by atoms with Crippen LogP contribution in [-0.4, -0.2) is 37.4 Å². The van der Waals surface area contributed by atoms with Crippen LogP contribution in [0.3, 0.4) is 0 Å². The summed E-state index contributed by atoms with van der Waals surface area (Å²) in [4.78, 5) is 0. The second kappa shape index (κ2) is 3.56. The van der Waals surface area contributed by atoms with Gasteiger partial charge in [-0.05, 0) is 0 Å². The van der Waals surface area contributed by atoms with Crippen LogP contribution in [-0.2, 0) is 10.0 Å². The highest BCUT2D eigenvalue weighted by atomic mass is 35.5. The van der Waals surface area contributed by atoms with E-state index in [9.17, 15) is 8.42 Å². The minimum atomic E-state index is -3.07. The Labute approximate surface area is 71.7 Å². The predicted molar refractivity (Wildman–Crippen MR) is 45.2 cm³/mol. The maximum Gasteiger partial charge on any atom is 0.215 e. The van der Waals surface area contributed by atoms with Gasteiger partial charge in [-0.1, -0.05) is 12.2 Å². The summed E-state index contributed by atoms with van der Waals surface area (Å²) in [5.41, 5.74) is 0. The van der Waals surface area contributed by atoms with Crippen molar-refractivity contribution in [3.63, 3.8) is 0 Å². The van der Waals surface area contributed by atoms with Gasteiger partial charge in [0.1, 0.15) is 0 Å². The maximum atomic E-state index is 11.2. The highest BCUT2D eigenvalue weighted by Crippen LogP contribution is 2.07. The number of sulfonamides is 1. The smallest absolute Gasteiger partial charge is 0.212 e. The van der Waals surface area contributed by atoms with Crippen LogP contribution in [0.15, 0.2) is 12.2 Å². The largest absolute Gasteiger partial charge is 0.215 e. The lowest BCUT2D eigenvalue weighted by atomic mass is 10.6. The van der Waals surface area contributed by atoms with Crippen LogP contribution in [0, 0.1) is 0 Å². The normalized spacial score (nSPS) is 19.4. The summed E-state index contributed by atoms with van der Waals surface area (Å²) >= 11 is 5.34. The number of hydrogen-bond acceptors (Lipinski definition) is 2. The predicted octanol–water partition coefficient (Wildman–Crippen LogP) is 0.427. The molecule has 0 radical (unpaired) electrons. The number of rotatable bonds is 3. The van der Waals surface area contributed by atoms with E-state index in [0.29, 0.717) is 13.1 Å². The molecule has 11 heavy (non-hydrogen) atoms. The van der Waals surface area contributed by atoms with Crippen LogP contribution in [0.2, 0.25) is 0 Å². The molecule has 0 spiro atoms. The lowest BCUT2D eigenvalue weighted by Gasteiger charge is -2.13. The molecule has 3 nitrogen and oxygen atoms in total. The van der Waals surface area contributed by atoms with Crippen molar-refractivity contribution < 1.29 is 8.42 Å². The third kappa shape index (κ3) is 2.18. The summed E-state index contributed by atoms with van der Waals surface area (Å²) in [5.74, 6) is 0.203. The van der Waals surface area contributed by atoms with Crippen molar-refractivity contribution in [2.75, 3.05) is 24.7 Å². The summed E-state index contributed by atoms with van der Waals surface area (Å²) in [5, 5.41) is 0. The molecule has 1 rings (SSSR count). The Kier molecular flexibility index (Phi) is 2.92. The molecule has 0 aliphatic carbocycles. The van der Waals surface area contributed by atoms with Gasteiger partial charge in [-0.2, -0.15) is 4.31 Å². The second-order valence-corrected chi connectivity index (χ2v) is 4.76. The Morgan fingerprint density at radius 3 is 2.36 bits per heavy atom. The summed E-state index contributed by atoms with van der Waals surface area (Å²) < 4.78 is 23.9. The molecule has 1 aliphatic rings. The molecule has 5 heteroatoms. The second-order valence-electron chi connectivity index (χ2n) is 2.29. The van der Waals surface area contributed by atoms with Crippen molar-refractivity contribution in [2.24, 2.45) is 0 Å². The summed E-state index contributed by atoms with van der Waals surface area (Å²) in [6.45, 7) is 0.998. The fourth-order valence-electron chi connectivity index (χ4n) is 0.912. The van der Waals surface area contributed by atoms with Gasteiger partial charge >= 0.3 is 0 Å². The number of alkyl halides is 1. The molecular formula is C6H10ClNO2S.